The lowest BCUT2D eigenvalue weighted by atomic mass is 10.3. The van der Waals surface area contributed by atoms with Crippen LogP contribution in [0.1, 0.15) is 31.4 Å². The van der Waals surface area contributed by atoms with E-state index in [1.165, 1.54) is 12.8 Å². The second kappa shape index (κ2) is 5.26. The van der Waals surface area contributed by atoms with E-state index >= 15 is 0 Å². The number of nitrogens with zero attached hydrogens (tertiary/aromatic N) is 2. The maximum absolute atomic E-state index is 5.66. The lowest BCUT2D eigenvalue weighted by Crippen LogP contribution is -2.22. The van der Waals surface area contributed by atoms with Crippen molar-refractivity contribution in [2.24, 2.45) is 0 Å². The van der Waals surface area contributed by atoms with E-state index in [2.05, 4.69) is 10.5 Å². The first-order valence-electron chi connectivity index (χ1n) is 6.25. The van der Waals surface area contributed by atoms with E-state index < -0.39 is 0 Å². The molecule has 98 valence electrons. The molecule has 0 amide bonds. The molecule has 2 aromatic rings. The molecule has 1 N–H and O–H groups in total. The van der Waals surface area contributed by atoms with Crippen LogP contribution in [0.15, 0.2) is 11.6 Å². The Balaban J connectivity index is 1.66. The van der Waals surface area contributed by atoms with Gasteiger partial charge in [0.25, 0.3) is 0 Å². The molecule has 0 spiro atoms. The van der Waals surface area contributed by atoms with Crippen LogP contribution in [0.25, 0.3) is 4.96 Å². The minimum Gasteiger partial charge on any atom is -0.480 e. The van der Waals surface area contributed by atoms with E-state index in [-0.39, 0.29) is 0 Å². The average molecular weight is 267 g/mol. The van der Waals surface area contributed by atoms with Gasteiger partial charge >= 0.3 is 0 Å². The van der Waals surface area contributed by atoms with Crippen molar-refractivity contribution in [1.82, 2.24) is 14.9 Å². The molecule has 0 aromatic carbocycles. The molecule has 0 saturated heterocycles. The monoisotopic (exact) mass is 267 g/mol. The van der Waals surface area contributed by atoms with Crippen LogP contribution in [0.4, 0.5) is 0 Å². The van der Waals surface area contributed by atoms with Gasteiger partial charge in [-0.25, -0.2) is 0 Å². The number of aromatic nitrogens is 2. The van der Waals surface area contributed by atoms with E-state index in [0.717, 1.165) is 23.5 Å². The third-order valence-corrected chi connectivity index (χ3v) is 4.07. The van der Waals surface area contributed by atoms with Gasteiger partial charge in [-0.3, -0.25) is 9.24 Å². The Bertz CT molecular complexity index is 516. The topological polar surface area (TPSA) is 47.8 Å². The molecule has 0 aliphatic heterocycles. The van der Waals surface area contributed by atoms with Crippen LogP contribution >= 0.6 is 11.3 Å². The van der Waals surface area contributed by atoms with Gasteiger partial charge in [0.2, 0.25) is 5.88 Å². The van der Waals surface area contributed by atoms with E-state index in [0.29, 0.717) is 18.5 Å². The van der Waals surface area contributed by atoms with Crippen molar-refractivity contribution >= 4 is 16.3 Å². The first kappa shape index (κ1) is 12.0. The van der Waals surface area contributed by atoms with Crippen molar-refractivity contribution < 1.29 is 9.57 Å². The number of hydrogen-bond acceptors (Lipinski definition) is 5. The van der Waals surface area contributed by atoms with Gasteiger partial charge in [0, 0.05) is 11.6 Å². The van der Waals surface area contributed by atoms with Crippen molar-refractivity contribution in [3.8, 4) is 5.88 Å². The Labute approximate surface area is 110 Å². The summed E-state index contributed by atoms with van der Waals surface area (Å²) in [6.07, 6.45) is 7.23. The number of ether oxygens (including phenoxy) is 1. The highest BCUT2D eigenvalue weighted by Crippen LogP contribution is 2.23. The molecule has 1 aliphatic carbocycles. The number of rotatable bonds is 5. The van der Waals surface area contributed by atoms with Gasteiger partial charge in [-0.05, 0) is 12.8 Å². The Morgan fingerprint density at radius 3 is 3.11 bits per heavy atom. The second-order valence-corrected chi connectivity index (χ2v) is 5.34. The second-order valence-electron chi connectivity index (χ2n) is 4.47. The summed E-state index contributed by atoms with van der Waals surface area (Å²) in [5.74, 6) is 0.671. The van der Waals surface area contributed by atoms with E-state index in [4.69, 9.17) is 9.57 Å². The molecule has 3 rings (SSSR count). The highest BCUT2D eigenvalue weighted by molar-refractivity contribution is 7.15. The van der Waals surface area contributed by atoms with Crippen LogP contribution in [0, 0.1) is 0 Å². The number of imidazole rings is 1. The minimum absolute atomic E-state index is 0.363. The molecule has 1 aliphatic rings. The standard InChI is InChI=1S/C12H17N3O2S/c1-16-11-10(15-6-7-18-12(15)14-11)8-13-17-9-4-2-3-5-9/h6-7,9,13H,2-5,8H2,1H3. The fraction of sp³-hybridized carbons (Fsp3) is 0.583. The summed E-state index contributed by atoms with van der Waals surface area (Å²) in [7, 11) is 1.65. The molecule has 5 nitrogen and oxygen atoms in total. The molecule has 1 fully saturated rings. The number of nitrogens with one attached hydrogen (secondary N) is 1. The smallest absolute Gasteiger partial charge is 0.237 e. The van der Waals surface area contributed by atoms with Crippen LogP contribution in [-0.2, 0) is 11.4 Å². The van der Waals surface area contributed by atoms with Gasteiger partial charge in [-0.15, -0.1) is 11.3 Å². The van der Waals surface area contributed by atoms with E-state index in [1.807, 2.05) is 16.0 Å². The number of thiazole rings is 1. The van der Waals surface area contributed by atoms with E-state index in [9.17, 15) is 0 Å². The summed E-state index contributed by atoms with van der Waals surface area (Å²) in [5, 5.41) is 2.02. The lowest BCUT2D eigenvalue weighted by Gasteiger charge is -2.11. The third-order valence-electron chi connectivity index (χ3n) is 3.31. The molecule has 0 unspecified atom stereocenters. The highest BCUT2D eigenvalue weighted by Gasteiger charge is 2.17. The first-order chi connectivity index (χ1) is 8.88. The highest BCUT2D eigenvalue weighted by atomic mass is 32.1. The summed E-state index contributed by atoms with van der Waals surface area (Å²) < 4.78 is 7.33. The molecule has 0 atom stereocenters. The van der Waals surface area contributed by atoms with E-state index in [1.54, 1.807) is 18.4 Å². The fourth-order valence-corrected chi connectivity index (χ4v) is 3.10. The van der Waals surface area contributed by atoms with Gasteiger partial charge in [0.1, 0.15) is 5.69 Å². The quantitative estimate of drug-likeness (QED) is 0.845. The van der Waals surface area contributed by atoms with Gasteiger partial charge in [0.05, 0.1) is 19.8 Å². The molecule has 2 aromatic heterocycles. The van der Waals surface area contributed by atoms with Gasteiger partial charge in [-0.2, -0.15) is 10.5 Å². The molecule has 2 heterocycles. The largest absolute Gasteiger partial charge is 0.480 e. The Hall–Kier alpha value is -1.11. The van der Waals surface area contributed by atoms with Crippen LogP contribution in [0.2, 0.25) is 0 Å². The van der Waals surface area contributed by atoms with Crippen LogP contribution < -0.4 is 10.2 Å². The molecule has 6 heteroatoms. The Morgan fingerprint density at radius 1 is 1.50 bits per heavy atom. The summed E-state index contributed by atoms with van der Waals surface area (Å²) in [6, 6.07) is 0. The molecule has 18 heavy (non-hydrogen) atoms. The number of hydrogen-bond donors (Lipinski definition) is 1. The van der Waals surface area contributed by atoms with Gasteiger partial charge < -0.3 is 4.74 Å². The van der Waals surface area contributed by atoms with Crippen molar-refractivity contribution in [2.45, 2.75) is 38.3 Å². The van der Waals surface area contributed by atoms with Crippen LogP contribution in [0.5, 0.6) is 5.88 Å². The minimum atomic E-state index is 0.363. The number of hydroxylamine groups is 1. The Morgan fingerprint density at radius 2 is 2.33 bits per heavy atom. The van der Waals surface area contributed by atoms with Crippen LogP contribution in [0.3, 0.4) is 0 Å². The van der Waals surface area contributed by atoms with Gasteiger partial charge in [-0.1, -0.05) is 12.8 Å². The summed E-state index contributed by atoms with van der Waals surface area (Å²) in [6.45, 7) is 0.609. The normalized spacial score (nSPS) is 16.7. The SMILES string of the molecule is COc1nc2sccn2c1CNOC1CCCC1. The molecular formula is C12H17N3O2S. The lowest BCUT2D eigenvalue weighted by molar-refractivity contribution is -0.0252. The maximum Gasteiger partial charge on any atom is 0.237 e. The summed E-state index contributed by atoms with van der Waals surface area (Å²) >= 11 is 1.60. The van der Waals surface area contributed by atoms with Crippen molar-refractivity contribution in [3.05, 3.63) is 17.3 Å². The average Bonchev–Trinajstić information content (AvgIpc) is 3.06. The van der Waals surface area contributed by atoms with Crippen molar-refractivity contribution in [1.29, 1.82) is 0 Å². The fourth-order valence-electron chi connectivity index (χ4n) is 2.37. The third kappa shape index (κ3) is 2.23. The summed E-state index contributed by atoms with van der Waals surface area (Å²) in [4.78, 5) is 11.0. The molecular weight excluding hydrogens is 250 g/mol. The zero-order valence-corrected chi connectivity index (χ0v) is 11.2. The predicted molar refractivity (Wildman–Crippen MR) is 69.8 cm³/mol. The van der Waals surface area contributed by atoms with Crippen molar-refractivity contribution in [3.63, 3.8) is 0 Å². The predicted octanol–water partition coefficient (Wildman–Crippen LogP) is 2.37. The van der Waals surface area contributed by atoms with Crippen LogP contribution in [-0.4, -0.2) is 22.6 Å². The molecule has 0 bridgehead atoms. The zero-order chi connectivity index (χ0) is 12.4. The zero-order valence-electron chi connectivity index (χ0n) is 10.4. The Kier molecular flexibility index (Phi) is 3.49. The summed E-state index contributed by atoms with van der Waals surface area (Å²) in [5.41, 5.74) is 4.06. The maximum atomic E-state index is 5.66. The number of fused-ring (bicyclic) bond motifs is 1. The first-order valence-corrected chi connectivity index (χ1v) is 7.13. The molecule has 1 saturated carbocycles. The molecule has 0 radical (unpaired) electrons. The van der Waals surface area contributed by atoms with Crippen molar-refractivity contribution in [2.75, 3.05) is 7.11 Å². The number of methoxy groups -OCH3 is 1. The van der Waals surface area contributed by atoms with Gasteiger partial charge in [0.15, 0.2) is 4.96 Å².